The lowest BCUT2D eigenvalue weighted by molar-refractivity contribution is 0.0389. The molecule has 3 heterocycles. The van der Waals surface area contributed by atoms with Gasteiger partial charge in [-0.1, -0.05) is 0 Å². The Morgan fingerprint density at radius 3 is 2.88 bits per heavy atom. The van der Waals surface area contributed by atoms with Crippen LogP contribution >= 0.6 is 0 Å². The van der Waals surface area contributed by atoms with Crippen molar-refractivity contribution >= 4 is 6.03 Å². The van der Waals surface area contributed by atoms with Gasteiger partial charge in [-0.15, -0.1) is 0 Å². The highest BCUT2D eigenvalue weighted by Crippen LogP contribution is 2.33. The van der Waals surface area contributed by atoms with Crippen LogP contribution in [-0.2, 0) is 0 Å². The van der Waals surface area contributed by atoms with Crippen LogP contribution in [0.4, 0.5) is 4.79 Å². The molecular weight excluding hydrogens is 218 g/mol. The van der Waals surface area contributed by atoms with Crippen molar-refractivity contribution in [2.75, 3.05) is 13.1 Å². The van der Waals surface area contributed by atoms with Crippen LogP contribution < -0.4 is 0 Å². The number of aromatic nitrogens is 3. The summed E-state index contributed by atoms with van der Waals surface area (Å²) in [5.74, 6) is 0. The number of rotatable bonds is 1. The zero-order valence-corrected chi connectivity index (χ0v) is 10.2. The van der Waals surface area contributed by atoms with Crippen molar-refractivity contribution < 1.29 is 4.79 Å². The minimum atomic E-state index is -0.0469. The normalized spacial score (nSPS) is 28.3. The molecule has 0 saturated carbocycles. The molecule has 2 aliphatic heterocycles. The first-order valence-electron chi connectivity index (χ1n) is 6.10. The number of fused-ring (bicyclic) bond motifs is 1. The van der Waals surface area contributed by atoms with Gasteiger partial charge in [0.2, 0.25) is 0 Å². The molecule has 0 aromatic carbocycles. The highest BCUT2D eigenvalue weighted by molar-refractivity contribution is 5.77. The van der Waals surface area contributed by atoms with Gasteiger partial charge in [-0.05, 0) is 20.3 Å². The maximum atomic E-state index is 12.1. The molecule has 0 spiro atoms. The summed E-state index contributed by atoms with van der Waals surface area (Å²) in [6.07, 6.45) is 3.93. The van der Waals surface area contributed by atoms with Crippen molar-refractivity contribution in [2.45, 2.75) is 38.4 Å². The SMILES string of the molecule is CC(C)N1CCC2C1CN2C(=O)n1cncn1. The van der Waals surface area contributed by atoms with Crippen LogP contribution in [0.2, 0.25) is 0 Å². The van der Waals surface area contributed by atoms with Crippen molar-refractivity contribution in [3.63, 3.8) is 0 Å². The fourth-order valence-corrected chi connectivity index (χ4v) is 2.95. The Kier molecular flexibility index (Phi) is 2.39. The lowest BCUT2D eigenvalue weighted by atomic mass is 9.97. The number of hydrogen-bond donors (Lipinski definition) is 0. The van der Waals surface area contributed by atoms with E-state index in [4.69, 9.17) is 0 Å². The molecule has 1 aromatic heterocycles. The summed E-state index contributed by atoms with van der Waals surface area (Å²) in [5.41, 5.74) is 0. The Labute approximate surface area is 100 Å². The number of amides is 1. The summed E-state index contributed by atoms with van der Waals surface area (Å²) in [6.45, 7) is 6.34. The van der Waals surface area contributed by atoms with Crippen molar-refractivity contribution in [3.8, 4) is 0 Å². The van der Waals surface area contributed by atoms with Gasteiger partial charge < -0.3 is 4.90 Å². The summed E-state index contributed by atoms with van der Waals surface area (Å²) in [6, 6.07) is 1.43. The number of nitrogens with zero attached hydrogens (tertiary/aromatic N) is 5. The maximum absolute atomic E-state index is 12.1. The number of hydrogen-bond acceptors (Lipinski definition) is 4. The van der Waals surface area contributed by atoms with Gasteiger partial charge >= 0.3 is 6.03 Å². The van der Waals surface area contributed by atoms with Crippen LogP contribution in [0.5, 0.6) is 0 Å². The second kappa shape index (κ2) is 3.80. The Morgan fingerprint density at radius 2 is 2.24 bits per heavy atom. The number of carbonyl (C=O) groups is 1. The number of carbonyl (C=O) groups excluding carboxylic acids is 1. The maximum Gasteiger partial charge on any atom is 0.346 e. The van der Waals surface area contributed by atoms with Gasteiger partial charge in [-0.25, -0.2) is 9.78 Å². The lowest BCUT2D eigenvalue weighted by Gasteiger charge is -2.47. The van der Waals surface area contributed by atoms with Crippen molar-refractivity contribution in [3.05, 3.63) is 12.7 Å². The molecule has 2 unspecified atom stereocenters. The van der Waals surface area contributed by atoms with E-state index in [2.05, 4.69) is 28.8 Å². The van der Waals surface area contributed by atoms with E-state index in [1.807, 2.05) is 4.90 Å². The molecule has 2 saturated heterocycles. The zero-order chi connectivity index (χ0) is 12.0. The smallest absolute Gasteiger partial charge is 0.316 e. The van der Waals surface area contributed by atoms with E-state index in [1.54, 1.807) is 0 Å². The molecule has 1 aromatic rings. The first-order valence-corrected chi connectivity index (χ1v) is 6.10. The fraction of sp³-hybridized carbons (Fsp3) is 0.727. The standard InChI is InChI=1S/C11H17N5O/c1-8(2)14-4-3-9-10(14)5-15(9)11(17)16-7-12-6-13-16/h6-10H,3-5H2,1-2H3. The van der Waals surface area contributed by atoms with E-state index in [9.17, 15) is 4.79 Å². The first-order chi connectivity index (χ1) is 8.18. The summed E-state index contributed by atoms with van der Waals surface area (Å²) in [7, 11) is 0. The Bertz CT molecular complexity index is 416. The largest absolute Gasteiger partial charge is 0.346 e. The second-order valence-corrected chi connectivity index (χ2v) is 5.03. The summed E-state index contributed by atoms with van der Waals surface area (Å²) < 4.78 is 1.31. The van der Waals surface area contributed by atoms with Crippen molar-refractivity contribution in [1.82, 2.24) is 24.6 Å². The summed E-state index contributed by atoms with van der Waals surface area (Å²) in [4.78, 5) is 20.3. The highest BCUT2D eigenvalue weighted by atomic mass is 16.2. The minimum Gasteiger partial charge on any atom is -0.316 e. The van der Waals surface area contributed by atoms with E-state index >= 15 is 0 Å². The average Bonchev–Trinajstić information content (AvgIpc) is 2.86. The van der Waals surface area contributed by atoms with Crippen LogP contribution in [0.3, 0.4) is 0 Å². The Balaban J connectivity index is 1.69. The van der Waals surface area contributed by atoms with Gasteiger partial charge in [0.15, 0.2) is 0 Å². The highest BCUT2D eigenvalue weighted by Gasteiger charge is 2.49. The lowest BCUT2D eigenvalue weighted by Crippen LogP contribution is -2.65. The Hall–Kier alpha value is -1.43. The van der Waals surface area contributed by atoms with Gasteiger partial charge in [0.05, 0.1) is 6.04 Å². The molecule has 2 aliphatic rings. The molecule has 0 radical (unpaired) electrons. The molecule has 0 N–H and O–H groups in total. The minimum absolute atomic E-state index is 0.0469. The van der Waals surface area contributed by atoms with Gasteiger partial charge in [0.25, 0.3) is 0 Å². The molecule has 1 amide bonds. The molecule has 2 atom stereocenters. The molecule has 0 bridgehead atoms. The van der Waals surface area contributed by atoms with Gasteiger partial charge in [-0.2, -0.15) is 9.78 Å². The third-order valence-electron chi connectivity index (χ3n) is 3.86. The molecule has 17 heavy (non-hydrogen) atoms. The zero-order valence-electron chi connectivity index (χ0n) is 10.2. The summed E-state index contributed by atoms with van der Waals surface area (Å²) >= 11 is 0. The Morgan fingerprint density at radius 1 is 1.41 bits per heavy atom. The van der Waals surface area contributed by atoms with Crippen molar-refractivity contribution in [2.24, 2.45) is 0 Å². The quantitative estimate of drug-likeness (QED) is 0.707. The average molecular weight is 235 g/mol. The fourth-order valence-electron chi connectivity index (χ4n) is 2.95. The molecule has 2 fully saturated rings. The van der Waals surface area contributed by atoms with Crippen LogP contribution in [0.1, 0.15) is 20.3 Å². The topological polar surface area (TPSA) is 54.3 Å². The molecule has 6 heteroatoms. The molecule has 92 valence electrons. The van der Waals surface area contributed by atoms with E-state index in [0.717, 1.165) is 19.5 Å². The molecule has 0 aliphatic carbocycles. The van der Waals surface area contributed by atoms with E-state index in [1.165, 1.54) is 17.3 Å². The first kappa shape index (κ1) is 10.7. The van der Waals surface area contributed by atoms with Crippen LogP contribution in [0, 0.1) is 0 Å². The summed E-state index contributed by atoms with van der Waals surface area (Å²) in [5, 5.41) is 3.89. The molecule has 3 rings (SSSR count). The van der Waals surface area contributed by atoms with Gasteiger partial charge in [-0.3, -0.25) is 4.90 Å². The van der Waals surface area contributed by atoms with Gasteiger partial charge in [0, 0.05) is 25.2 Å². The van der Waals surface area contributed by atoms with E-state index < -0.39 is 0 Å². The van der Waals surface area contributed by atoms with Crippen molar-refractivity contribution in [1.29, 1.82) is 0 Å². The number of likely N-dealkylation sites (tertiary alicyclic amines) is 2. The predicted molar refractivity (Wildman–Crippen MR) is 61.6 cm³/mol. The monoisotopic (exact) mass is 235 g/mol. The third-order valence-corrected chi connectivity index (χ3v) is 3.86. The molecule has 6 nitrogen and oxygen atoms in total. The second-order valence-electron chi connectivity index (χ2n) is 5.03. The van der Waals surface area contributed by atoms with Gasteiger partial charge in [0.1, 0.15) is 12.7 Å². The van der Waals surface area contributed by atoms with Crippen LogP contribution in [0.15, 0.2) is 12.7 Å². The predicted octanol–water partition coefficient (Wildman–Crippen LogP) is 0.413. The van der Waals surface area contributed by atoms with E-state index in [-0.39, 0.29) is 6.03 Å². The van der Waals surface area contributed by atoms with Crippen LogP contribution in [0.25, 0.3) is 0 Å². The molecular formula is C11H17N5O. The van der Waals surface area contributed by atoms with E-state index in [0.29, 0.717) is 18.1 Å². The van der Waals surface area contributed by atoms with Crippen LogP contribution in [-0.4, -0.2) is 61.8 Å². The third kappa shape index (κ3) is 1.55.